The molecule has 1 aliphatic heterocycles. The quantitative estimate of drug-likeness (QED) is 0.853. The summed E-state index contributed by atoms with van der Waals surface area (Å²) in [6.45, 7) is 5.20. The van der Waals surface area contributed by atoms with E-state index in [0.29, 0.717) is 12.1 Å². The normalized spacial score (nSPS) is 44.2. The molecule has 1 saturated heterocycles. The van der Waals surface area contributed by atoms with Crippen molar-refractivity contribution in [1.29, 1.82) is 0 Å². The zero-order valence-electron chi connectivity index (χ0n) is 12.4. The van der Waals surface area contributed by atoms with Gasteiger partial charge in [0.15, 0.2) is 0 Å². The number of hydrogen-bond acceptors (Lipinski definition) is 3. The fourth-order valence-electron chi connectivity index (χ4n) is 4.89. The second-order valence-corrected chi connectivity index (χ2v) is 6.90. The highest BCUT2D eigenvalue weighted by Crippen LogP contribution is 2.42. The van der Waals surface area contributed by atoms with Gasteiger partial charge >= 0.3 is 0 Å². The lowest BCUT2D eigenvalue weighted by Gasteiger charge is -2.53. The van der Waals surface area contributed by atoms with E-state index in [2.05, 4.69) is 11.8 Å². The van der Waals surface area contributed by atoms with Crippen molar-refractivity contribution in [2.45, 2.75) is 76.0 Å². The largest absolute Gasteiger partial charge is 0.375 e. The fourth-order valence-corrected chi connectivity index (χ4v) is 4.89. The van der Waals surface area contributed by atoms with Crippen LogP contribution in [0, 0.1) is 5.92 Å². The number of hydrogen-bond donors (Lipinski definition) is 1. The van der Waals surface area contributed by atoms with Crippen molar-refractivity contribution in [3.8, 4) is 0 Å². The summed E-state index contributed by atoms with van der Waals surface area (Å²) in [6, 6.07) is 0.660. The molecule has 2 aliphatic carbocycles. The van der Waals surface area contributed by atoms with Crippen LogP contribution in [0.15, 0.2) is 0 Å². The Morgan fingerprint density at radius 1 is 1.26 bits per heavy atom. The van der Waals surface area contributed by atoms with Gasteiger partial charge in [0.25, 0.3) is 0 Å². The molecule has 0 spiro atoms. The van der Waals surface area contributed by atoms with E-state index in [9.17, 15) is 0 Å². The monoisotopic (exact) mass is 266 g/mol. The number of rotatable bonds is 3. The van der Waals surface area contributed by atoms with Crippen LogP contribution in [0.2, 0.25) is 0 Å². The van der Waals surface area contributed by atoms with Crippen molar-refractivity contribution in [3.63, 3.8) is 0 Å². The first-order valence-corrected chi connectivity index (χ1v) is 8.37. The Labute approximate surface area is 117 Å². The molecule has 1 heterocycles. The third-order valence-corrected chi connectivity index (χ3v) is 5.97. The summed E-state index contributed by atoms with van der Waals surface area (Å²) >= 11 is 0. The maximum Gasteiger partial charge on any atom is 0.0731 e. The molecule has 4 unspecified atom stereocenters. The van der Waals surface area contributed by atoms with Gasteiger partial charge in [-0.1, -0.05) is 26.2 Å². The lowest BCUT2D eigenvalue weighted by molar-refractivity contribution is -0.111. The molecule has 19 heavy (non-hydrogen) atoms. The molecule has 0 radical (unpaired) electrons. The van der Waals surface area contributed by atoms with E-state index in [-0.39, 0.29) is 5.54 Å². The van der Waals surface area contributed by atoms with Gasteiger partial charge in [0.2, 0.25) is 0 Å². The first kappa shape index (κ1) is 13.8. The molecule has 3 rings (SSSR count). The summed E-state index contributed by atoms with van der Waals surface area (Å²) in [5.74, 6) is 0.889. The topological polar surface area (TPSA) is 38.5 Å². The van der Waals surface area contributed by atoms with Gasteiger partial charge in [0.1, 0.15) is 0 Å². The minimum Gasteiger partial charge on any atom is -0.375 e. The molecule has 110 valence electrons. The van der Waals surface area contributed by atoms with Crippen LogP contribution in [-0.2, 0) is 4.74 Å². The molecule has 4 atom stereocenters. The molecule has 0 aromatic rings. The predicted molar refractivity (Wildman–Crippen MR) is 78.1 cm³/mol. The summed E-state index contributed by atoms with van der Waals surface area (Å²) in [5.41, 5.74) is 6.57. The number of nitrogens with zero attached hydrogens (tertiary/aromatic N) is 1. The Morgan fingerprint density at radius 3 is 2.95 bits per heavy atom. The molecule has 3 fully saturated rings. The Kier molecular flexibility index (Phi) is 4.16. The van der Waals surface area contributed by atoms with Gasteiger partial charge in [0.05, 0.1) is 12.7 Å². The summed E-state index contributed by atoms with van der Waals surface area (Å²) in [7, 11) is 0. The standard InChI is InChI=1S/C16H30N2O/c1-2-13-5-4-8-16(11-13,12-17)18-9-10-19-15-7-3-6-14(15)18/h13-15H,2-12,17H2,1H3. The molecule has 3 heteroatoms. The second kappa shape index (κ2) is 5.71. The van der Waals surface area contributed by atoms with Gasteiger partial charge in [-0.05, 0) is 38.0 Å². The van der Waals surface area contributed by atoms with Crippen molar-refractivity contribution >= 4 is 0 Å². The van der Waals surface area contributed by atoms with Crippen LogP contribution in [0.4, 0.5) is 0 Å². The molecule has 2 saturated carbocycles. The van der Waals surface area contributed by atoms with E-state index in [1.54, 1.807) is 0 Å². The minimum absolute atomic E-state index is 0.288. The van der Waals surface area contributed by atoms with Gasteiger partial charge in [-0.3, -0.25) is 4.90 Å². The van der Waals surface area contributed by atoms with E-state index in [1.165, 1.54) is 51.4 Å². The second-order valence-electron chi connectivity index (χ2n) is 6.90. The molecule has 3 nitrogen and oxygen atoms in total. The molecular weight excluding hydrogens is 236 g/mol. The van der Waals surface area contributed by atoms with Crippen LogP contribution in [0.1, 0.15) is 58.3 Å². The maximum absolute atomic E-state index is 6.29. The lowest BCUT2D eigenvalue weighted by atomic mass is 9.72. The van der Waals surface area contributed by atoms with Crippen LogP contribution in [0.5, 0.6) is 0 Å². The highest BCUT2D eigenvalue weighted by Gasteiger charge is 2.47. The van der Waals surface area contributed by atoms with Crippen molar-refractivity contribution < 1.29 is 4.74 Å². The van der Waals surface area contributed by atoms with Crippen LogP contribution in [-0.4, -0.2) is 42.3 Å². The van der Waals surface area contributed by atoms with Crippen molar-refractivity contribution in [2.75, 3.05) is 19.7 Å². The molecule has 2 N–H and O–H groups in total. The highest BCUT2D eigenvalue weighted by molar-refractivity contribution is 5.03. The van der Waals surface area contributed by atoms with E-state index in [1.807, 2.05) is 0 Å². The average molecular weight is 266 g/mol. The zero-order valence-corrected chi connectivity index (χ0v) is 12.4. The number of morpholine rings is 1. The van der Waals surface area contributed by atoms with Gasteiger partial charge in [0, 0.05) is 24.7 Å². The predicted octanol–water partition coefficient (Wildman–Crippen LogP) is 2.54. The molecule has 0 aromatic carbocycles. The van der Waals surface area contributed by atoms with Gasteiger partial charge in [-0.15, -0.1) is 0 Å². The van der Waals surface area contributed by atoms with Gasteiger partial charge in [-0.2, -0.15) is 0 Å². The summed E-state index contributed by atoms with van der Waals surface area (Å²) in [6.07, 6.45) is 11.2. The minimum atomic E-state index is 0.288. The van der Waals surface area contributed by atoms with E-state index < -0.39 is 0 Å². The molecule has 0 bridgehead atoms. The van der Waals surface area contributed by atoms with Crippen LogP contribution >= 0.6 is 0 Å². The fraction of sp³-hybridized carbons (Fsp3) is 1.00. The first-order valence-electron chi connectivity index (χ1n) is 8.37. The van der Waals surface area contributed by atoms with E-state index >= 15 is 0 Å². The highest BCUT2D eigenvalue weighted by atomic mass is 16.5. The van der Waals surface area contributed by atoms with Crippen LogP contribution in [0.3, 0.4) is 0 Å². The zero-order chi connectivity index (χ0) is 13.3. The SMILES string of the molecule is CCC1CCCC(CN)(N2CCOC3CCCC32)C1. The number of nitrogens with two attached hydrogens (primary N) is 1. The summed E-state index contributed by atoms with van der Waals surface area (Å²) < 4.78 is 5.98. The molecule has 3 aliphatic rings. The summed E-state index contributed by atoms with van der Waals surface area (Å²) in [4.78, 5) is 2.79. The Balaban J connectivity index is 1.79. The maximum atomic E-state index is 6.29. The molecule has 0 aromatic heterocycles. The number of fused-ring (bicyclic) bond motifs is 1. The number of ether oxygens (including phenoxy) is 1. The molecular formula is C16H30N2O. The molecule has 0 amide bonds. The van der Waals surface area contributed by atoms with Crippen molar-refractivity contribution in [2.24, 2.45) is 11.7 Å². The van der Waals surface area contributed by atoms with E-state index in [0.717, 1.165) is 25.6 Å². The van der Waals surface area contributed by atoms with Crippen LogP contribution < -0.4 is 5.73 Å². The van der Waals surface area contributed by atoms with Crippen molar-refractivity contribution in [3.05, 3.63) is 0 Å². The Hall–Kier alpha value is -0.120. The third-order valence-electron chi connectivity index (χ3n) is 5.97. The van der Waals surface area contributed by atoms with Crippen LogP contribution in [0.25, 0.3) is 0 Å². The first-order chi connectivity index (χ1) is 9.29. The van der Waals surface area contributed by atoms with Crippen molar-refractivity contribution in [1.82, 2.24) is 4.90 Å². The smallest absolute Gasteiger partial charge is 0.0731 e. The van der Waals surface area contributed by atoms with Gasteiger partial charge in [-0.25, -0.2) is 0 Å². The summed E-state index contributed by atoms with van der Waals surface area (Å²) in [5, 5.41) is 0. The van der Waals surface area contributed by atoms with Gasteiger partial charge < -0.3 is 10.5 Å². The lowest BCUT2D eigenvalue weighted by Crippen LogP contribution is -2.64. The Bertz CT molecular complexity index is 309. The van der Waals surface area contributed by atoms with E-state index in [4.69, 9.17) is 10.5 Å². The Morgan fingerprint density at radius 2 is 2.16 bits per heavy atom. The average Bonchev–Trinajstić information content (AvgIpc) is 2.95. The third kappa shape index (κ3) is 2.45.